The van der Waals surface area contributed by atoms with E-state index in [2.05, 4.69) is 28.6 Å². The van der Waals surface area contributed by atoms with Gasteiger partial charge in [0.15, 0.2) is 0 Å². The van der Waals surface area contributed by atoms with E-state index in [0.717, 1.165) is 11.0 Å². The van der Waals surface area contributed by atoms with Crippen LogP contribution < -0.4 is 25.8 Å². The Balaban J connectivity index is 1.81. The molecule has 1 aliphatic rings. The molecule has 0 fully saturated rings. The summed E-state index contributed by atoms with van der Waals surface area (Å²) in [6.07, 6.45) is -12.7. The molecule has 1 heterocycles. The molecule has 0 bridgehead atoms. The van der Waals surface area contributed by atoms with Crippen molar-refractivity contribution >= 4 is 64.8 Å². The number of hydrogen-bond donors (Lipinski definition) is 4. The highest BCUT2D eigenvalue weighted by Crippen LogP contribution is 2.54. The third-order valence-electron chi connectivity index (χ3n) is 7.62. The number of carbonyl (C=O) groups is 3. The van der Waals surface area contributed by atoms with Crippen LogP contribution in [0.2, 0.25) is 5.02 Å². The van der Waals surface area contributed by atoms with Crippen LogP contribution in [0.3, 0.4) is 0 Å². The Kier molecular flexibility index (Phi) is 10.5. The Hall–Kier alpha value is -4.18. The van der Waals surface area contributed by atoms with Crippen LogP contribution in [0.15, 0.2) is 54.6 Å². The predicted molar refractivity (Wildman–Crippen MR) is 172 cm³/mol. The van der Waals surface area contributed by atoms with Crippen molar-refractivity contribution in [3.8, 4) is 0 Å². The van der Waals surface area contributed by atoms with Crippen LogP contribution in [0, 0.1) is 0 Å². The van der Waals surface area contributed by atoms with Gasteiger partial charge in [0.1, 0.15) is 0 Å². The molecule has 0 spiro atoms. The van der Waals surface area contributed by atoms with Gasteiger partial charge in [-0.15, -0.1) is 0 Å². The lowest BCUT2D eigenvalue weighted by molar-refractivity contribution is -0.348. The molecule has 0 aliphatic carbocycles. The largest absolute Gasteiger partial charge is 0.435 e. The van der Waals surface area contributed by atoms with E-state index in [4.69, 9.17) is 11.6 Å². The van der Waals surface area contributed by atoms with Crippen molar-refractivity contribution in [3.05, 3.63) is 81.9 Å². The lowest BCUT2D eigenvalue weighted by Gasteiger charge is -2.33. The van der Waals surface area contributed by atoms with Crippen LogP contribution in [-0.2, 0) is 12.2 Å². The van der Waals surface area contributed by atoms with Gasteiger partial charge in [-0.2, -0.15) is 39.0 Å². The molecule has 0 unspecified atom stereocenters. The van der Waals surface area contributed by atoms with Crippen molar-refractivity contribution in [2.24, 2.45) is 0 Å². The molecule has 1 aliphatic heterocycles. The zero-order valence-corrected chi connectivity index (χ0v) is 27.1. The number of alkyl halides is 7. The number of nitrogens with zero attached hydrogens (tertiary/aromatic N) is 2. The molecular formula is C31H29ClF7N5O3S. The van der Waals surface area contributed by atoms with Gasteiger partial charge in [-0.25, -0.2) is 9.18 Å². The average molecular weight is 720 g/mol. The van der Waals surface area contributed by atoms with Gasteiger partial charge < -0.3 is 20.9 Å². The molecule has 0 radical (unpaired) electrons. The molecule has 17 heteroatoms. The van der Waals surface area contributed by atoms with E-state index in [0.29, 0.717) is 17.7 Å². The van der Waals surface area contributed by atoms with Crippen LogP contribution in [0.4, 0.5) is 58.3 Å². The maximum atomic E-state index is 15.0. The SMILES string of the molecule is CCNC(=O)N(C)c1ccc(C(F)(C(F)(F)F)C(F)(F)F)cc1NCc1ccc2c(c1)N([C@@H](C)CS)C(=O)c1c(Cl)cccc1C(=O)N2. The highest BCUT2D eigenvalue weighted by Gasteiger charge is 2.73. The van der Waals surface area contributed by atoms with E-state index < -0.39 is 53.2 Å². The van der Waals surface area contributed by atoms with E-state index >= 15 is 4.39 Å². The number of hydrogen-bond acceptors (Lipinski definition) is 5. The summed E-state index contributed by atoms with van der Waals surface area (Å²) in [5.74, 6) is -1.06. The van der Waals surface area contributed by atoms with Gasteiger partial charge in [0.2, 0.25) is 0 Å². The fourth-order valence-corrected chi connectivity index (χ4v) is 5.53. The molecule has 3 N–H and O–H groups in total. The van der Waals surface area contributed by atoms with Gasteiger partial charge in [0.25, 0.3) is 11.8 Å². The van der Waals surface area contributed by atoms with E-state index in [1.165, 1.54) is 48.3 Å². The summed E-state index contributed by atoms with van der Waals surface area (Å²) in [6.45, 7) is 3.14. The van der Waals surface area contributed by atoms with E-state index in [1.807, 2.05) is 0 Å². The maximum absolute atomic E-state index is 15.0. The number of urea groups is 1. The normalized spacial score (nSPS) is 14.3. The number of carbonyl (C=O) groups excluding carboxylic acids is 3. The zero-order chi connectivity index (χ0) is 35.8. The summed E-state index contributed by atoms with van der Waals surface area (Å²) < 4.78 is 96.8. The highest BCUT2D eigenvalue weighted by molar-refractivity contribution is 7.80. The number of fused-ring (bicyclic) bond motifs is 2. The van der Waals surface area contributed by atoms with E-state index in [1.54, 1.807) is 13.8 Å². The molecule has 1 atom stereocenters. The number of nitrogens with one attached hydrogen (secondary N) is 3. The third kappa shape index (κ3) is 6.72. The molecule has 4 rings (SSSR count). The third-order valence-corrected chi connectivity index (χ3v) is 8.46. The van der Waals surface area contributed by atoms with Gasteiger partial charge >= 0.3 is 24.1 Å². The van der Waals surface area contributed by atoms with Crippen LogP contribution in [0.5, 0.6) is 0 Å². The first-order chi connectivity index (χ1) is 22.4. The van der Waals surface area contributed by atoms with Crippen molar-refractivity contribution in [2.45, 2.75) is 44.5 Å². The van der Waals surface area contributed by atoms with Gasteiger partial charge in [0, 0.05) is 37.5 Å². The Morgan fingerprint density at radius 2 is 1.69 bits per heavy atom. The van der Waals surface area contributed by atoms with Gasteiger partial charge in [0.05, 0.1) is 38.9 Å². The molecule has 0 aromatic heterocycles. The number of rotatable bonds is 8. The van der Waals surface area contributed by atoms with Crippen LogP contribution in [-0.4, -0.2) is 55.6 Å². The standard InChI is InChI=1S/C31H29ClF7N5O3S/c1-4-40-28(47)43(3)23-11-9-18(29(33,30(34,35)36)31(37,38)39)13-22(23)41-14-17-8-10-21-24(12-17)44(16(2)15-48)27(46)25-19(26(45)42-21)6-5-7-20(25)32/h5-13,16,41,48H,4,14-15H2,1-3H3,(H,40,47)(H,42,45)/t16-/m0/s1. The fourth-order valence-electron chi connectivity index (χ4n) is 5.11. The van der Waals surface area contributed by atoms with E-state index in [9.17, 15) is 40.7 Å². The topological polar surface area (TPSA) is 93.8 Å². The number of benzene rings is 3. The van der Waals surface area contributed by atoms with Crippen LogP contribution in [0.1, 0.15) is 45.7 Å². The first-order valence-corrected chi connectivity index (χ1v) is 15.3. The molecule has 3 aromatic rings. The first kappa shape index (κ1) is 36.7. The molecule has 8 nitrogen and oxygen atoms in total. The van der Waals surface area contributed by atoms with Crippen LogP contribution in [0.25, 0.3) is 0 Å². The summed E-state index contributed by atoms with van der Waals surface area (Å²) in [7, 11) is 1.22. The van der Waals surface area contributed by atoms with Crippen molar-refractivity contribution in [3.63, 3.8) is 0 Å². The smallest absolute Gasteiger partial charge is 0.379 e. The van der Waals surface area contributed by atoms with Crippen molar-refractivity contribution in [1.82, 2.24) is 5.32 Å². The molecule has 258 valence electrons. The van der Waals surface area contributed by atoms with Gasteiger partial charge in [-0.05, 0) is 55.8 Å². The Labute approximate surface area is 281 Å². The number of halogens is 8. The number of anilines is 4. The monoisotopic (exact) mass is 719 g/mol. The summed E-state index contributed by atoms with van der Waals surface area (Å²) in [5.41, 5.74) is -7.35. The second-order valence-corrected chi connectivity index (χ2v) is 11.6. The summed E-state index contributed by atoms with van der Waals surface area (Å²) in [4.78, 5) is 41.9. The second-order valence-electron chi connectivity index (χ2n) is 10.8. The Morgan fingerprint density at radius 1 is 1.02 bits per heavy atom. The Bertz CT molecular complexity index is 1720. The molecule has 3 aromatic carbocycles. The highest BCUT2D eigenvalue weighted by atomic mass is 35.5. The van der Waals surface area contributed by atoms with Crippen molar-refractivity contribution < 1.29 is 45.1 Å². The van der Waals surface area contributed by atoms with E-state index in [-0.39, 0.29) is 52.1 Å². The predicted octanol–water partition coefficient (Wildman–Crippen LogP) is 7.94. The molecule has 48 heavy (non-hydrogen) atoms. The fraction of sp³-hybridized carbons (Fsp3) is 0.323. The summed E-state index contributed by atoms with van der Waals surface area (Å²) in [5, 5.41) is 7.93. The Morgan fingerprint density at radius 3 is 2.29 bits per heavy atom. The number of amides is 4. The first-order valence-electron chi connectivity index (χ1n) is 14.3. The molecule has 0 saturated carbocycles. The molecular weight excluding hydrogens is 691 g/mol. The summed E-state index contributed by atoms with van der Waals surface area (Å²) in [6, 6.07) is 8.96. The lowest BCUT2D eigenvalue weighted by Crippen LogP contribution is -2.50. The van der Waals surface area contributed by atoms with Crippen molar-refractivity contribution in [2.75, 3.05) is 39.8 Å². The van der Waals surface area contributed by atoms with Crippen molar-refractivity contribution in [1.29, 1.82) is 0 Å². The second kappa shape index (κ2) is 13.7. The molecule has 4 amide bonds. The minimum atomic E-state index is -6.36. The van der Waals surface area contributed by atoms with Gasteiger partial charge in [-0.1, -0.05) is 29.8 Å². The minimum Gasteiger partial charge on any atom is -0.379 e. The van der Waals surface area contributed by atoms with Gasteiger partial charge in [-0.3, -0.25) is 14.5 Å². The minimum absolute atomic E-state index is 0.0237. The maximum Gasteiger partial charge on any atom is 0.435 e. The zero-order valence-electron chi connectivity index (χ0n) is 25.5. The average Bonchev–Trinajstić information content (AvgIpc) is 3.02. The van der Waals surface area contributed by atoms with Crippen LogP contribution >= 0.6 is 24.2 Å². The quantitative estimate of drug-likeness (QED) is 0.141. The lowest BCUT2D eigenvalue weighted by atomic mass is 9.93. The summed E-state index contributed by atoms with van der Waals surface area (Å²) >= 11 is 10.7. The number of thiol groups is 1. The molecule has 0 saturated heterocycles.